The molecule has 0 amide bonds. The number of aromatic nitrogens is 3. The number of carbonyl (C=O) groups excluding carboxylic acids is 1. The van der Waals surface area contributed by atoms with Crippen LogP contribution in [0, 0.1) is 5.41 Å². The third-order valence-corrected chi connectivity index (χ3v) is 4.69. The number of alkyl halides is 1. The van der Waals surface area contributed by atoms with Crippen LogP contribution in [0.1, 0.15) is 53.5 Å². The highest BCUT2D eigenvalue weighted by Gasteiger charge is 2.51. The maximum Gasteiger partial charge on any atom is 0.218 e. The number of ketones is 1. The quantitative estimate of drug-likeness (QED) is 0.879. The van der Waals surface area contributed by atoms with Crippen molar-refractivity contribution in [3.8, 4) is 0 Å². The van der Waals surface area contributed by atoms with E-state index >= 15 is 0 Å². The molecule has 114 valence electrons. The largest absolute Gasteiger partial charge is 0.395 e. The van der Waals surface area contributed by atoms with Gasteiger partial charge in [0.1, 0.15) is 0 Å². The summed E-state index contributed by atoms with van der Waals surface area (Å²) in [5.41, 5.74) is 0.229. The molecule has 2 atom stereocenters. The van der Waals surface area contributed by atoms with Crippen LogP contribution in [-0.2, 0) is 0 Å². The third kappa shape index (κ3) is 1.90. The van der Waals surface area contributed by atoms with Crippen molar-refractivity contribution in [2.24, 2.45) is 5.41 Å². The Hall–Kier alpha value is -2.08. The van der Waals surface area contributed by atoms with Gasteiger partial charge < -0.3 is 5.11 Å². The van der Waals surface area contributed by atoms with Gasteiger partial charge in [-0.25, -0.2) is 14.1 Å². The zero-order valence-corrected chi connectivity index (χ0v) is 11.9. The minimum atomic E-state index is -1.22. The fraction of sp³-hybridized carbons (Fsp3) is 0.438. The maximum atomic E-state index is 14.2. The van der Waals surface area contributed by atoms with Crippen LogP contribution in [-0.4, -0.2) is 32.3 Å². The van der Waals surface area contributed by atoms with Gasteiger partial charge in [-0.3, -0.25) is 4.79 Å². The van der Waals surface area contributed by atoms with Crippen LogP contribution in [0.2, 0.25) is 0 Å². The number of carbonyl (C=O) groups is 1. The molecule has 2 aliphatic rings. The number of aliphatic hydroxyl groups is 1. The fourth-order valence-corrected chi connectivity index (χ4v) is 3.07. The van der Waals surface area contributed by atoms with Crippen molar-refractivity contribution < 1.29 is 14.3 Å². The van der Waals surface area contributed by atoms with E-state index in [1.54, 1.807) is 0 Å². The number of hydrogen-bond acceptors (Lipinski definition) is 4. The molecular formula is C16H16FN3O2. The van der Waals surface area contributed by atoms with Crippen molar-refractivity contribution in [1.82, 2.24) is 14.8 Å². The molecule has 2 aromatic rings. The standard InChI is InChI=1S/C16H16FN3O2/c17-11-8-12(10-4-2-1-3-5-10)20-15(11)18-14(19-20)13(22)16(9-21)6-7-16/h1-5,11-12,21H,6-9H2. The van der Waals surface area contributed by atoms with E-state index in [0.717, 1.165) is 5.56 Å². The monoisotopic (exact) mass is 301 g/mol. The molecule has 1 fully saturated rings. The summed E-state index contributed by atoms with van der Waals surface area (Å²) in [5.74, 6) is -0.0216. The molecule has 1 saturated carbocycles. The summed E-state index contributed by atoms with van der Waals surface area (Å²) in [4.78, 5) is 16.5. The second-order valence-corrected chi connectivity index (χ2v) is 6.14. The SMILES string of the molecule is O=C(c1nc2n(n1)C(c1ccccc1)CC2F)C1(CO)CC1. The molecule has 0 spiro atoms. The molecule has 5 nitrogen and oxygen atoms in total. The Bertz CT molecular complexity index is 724. The minimum absolute atomic E-state index is 0.0323. The van der Waals surface area contributed by atoms with Gasteiger partial charge in [-0.2, -0.15) is 0 Å². The average molecular weight is 301 g/mol. The van der Waals surface area contributed by atoms with Gasteiger partial charge in [-0.15, -0.1) is 5.10 Å². The fourth-order valence-electron chi connectivity index (χ4n) is 3.07. The van der Waals surface area contributed by atoms with Crippen LogP contribution in [0.3, 0.4) is 0 Å². The summed E-state index contributed by atoms with van der Waals surface area (Å²) in [7, 11) is 0. The molecule has 22 heavy (non-hydrogen) atoms. The summed E-state index contributed by atoms with van der Waals surface area (Å²) in [6.07, 6.45) is 0.364. The third-order valence-electron chi connectivity index (χ3n) is 4.69. The van der Waals surface area contributed by atoms with E-state index in [1.165, 1.54) is 4.68 Å². The Labute approximate surface area is 126 Å². The van der Waals surface area contributed by atoms with Crippen LogP contribution in [0.4, 0.5) is 4.39 Å². The topological polar surface area (TPSA) is 68.0 Å². The number of fused-ring (bicyclic) bond motifs is 1. The highest BCUT2D eigenvalue weighted by atomic mass is 19.1. The summed E-state index contributed by atoms with van der Waals surface area (Å²) in [5, 5.41) is 13.6. The van der Waals surface area contributed by atoms with Gasteiger partial charge in [-0.1, -0.05) is 30.3 Å². The highest BCUT2D eigenvalue weighted by molar-refractivity contribution is 5.99. The zero-order chi connectivity index (χ0) is 15.3. The first-order valence-corrected chi connectivity index (χ1v) is 7.46. The van der Waals surface area contributed by atoms with Crippen LogP contribution in [0.15, 0.2) is 30.3 Å². The molecular weight excluding hydrogens is 285 g/mol. The lowest BCUT2D eigenvalue weighted by Crippen LogP contribution is -2.22. The Balaban J connectivity index is 1.71. The van der Waals surface area contributed by atoms with Crippen molar-refractivity contribution in [2.45, 2.75) is 31.5 Å². The smallest absolute Gasteiger partial charge is 0.218 e. The summed E-state index contributed by atoms with van der Waals surface area (Å²) in [6, 6.07) is 9.31. The van der Waals surface area contributed by atoms with E-state index in [9.17, 15) is 14.3 Å². The molecule has 1 aliphatic heterocycles. The van der Waals surface area contributed by atoms with E-state index in [1.807, 2.05) is 30.3 Å². The first-order chi connectivity index (χ1) is 10.6. The van der Waals surface area contributed by atoms with Gasteiger partial charge in [0.2, 0.25) is 11.6 Å². The van der Waals surface area contributed by atoms with Gasteiger partial charge in [-0.05, 0) is 18.4 Å². The van der Waals surface area contributed by atoms with Crippen molar-refractivity contribution in [3.63, 3.8) is 0 Å². The van der Waals surface area contributed by atoms with Crippen molar-refractivity contribution in [2.75, 3.05) is 6.61 Å². The van der Waals surface area contributed by atoms with Gasteiger partial charge in [0.05, 0.1) is 18.1 Å². The molecule has 0 bridgehead atoms. The second-order valence-electron chi connectivity index (χ2n) is 6.14. The first kappa shape index (κ1) is 13.6. The lowest BCUT2D eigenvalue weighted by Gasteiger charge is -2.12. The highest BCUT2D eigenvalue weighted by Crippen LogP contribution is 2.48. The van der Waals surface area contributed by atoms with Crippen LogP contribution < -0.4 is 0 Å². The van der Waals surface area contributed by atoms with Crippen LogP contribution in [0.25, 0.3) is 0 Å². The van der Waals surface area contributed by atoms with Gasteiger partial charge in [0.25, 0.3) is 0 Å². The molecule has 1 aliphatic carbocycles. The number of hydrogen-bond donors (Lipinski definition) is 1. The molecule has 2 heterocycles. The molecule has 6 heteroatoms. The predicted octanol–water partition coefficient (Wildman–Crippen LogP) is 2.24. The van der Waals surface area contributed by atoms with Gasteiger partial charge in [0, 0.05) is 6.42 Å². The second kappa shape index (κ2) is 4.71. The van der Waals surface area contributed by atoms with Crippen molar-refractivity contribution in [3.05, 3.63) is 47.5 Å². The molecule has 0 saturated heterocycles. The lowest BCUT2D eigenvalue weighted by molar-refractivity contribution is 0.0817. The van der Waals surface area contributed by atoms with Gasteiger partial charge >= 0.3 is 0 Å². The number of rotatable bonds is 4. The van der Waals surface area contributed by atoms with E-state index in [4.69, 9.17) is 0 Å². The lowest BCUT2D eigenvalue weighted by atomic mass is 10.0. The molecule has 4 rings (SSSR count). The number of Topliss-reactive ketones (excluding diaryl/α,β-unsaturated/α-hetero) is 1. The average Bonchev–Trinajstić information content (AvgIpc) is 3.13. The normalized spacial score (nSPS) is 25.0. The zero-order valence-electron chi connectivity index (χ0n) is 11.9. The van der Waals surface area contributed by atoms with Crippen molar-refractivity contribution >= 4 is 5.78 Å². The maximum absolute atomic E-state index is 14.2. The Morgan fingerprint density at radius 3 is 2.73 bits per heavy atom. The van der Waals surface area contributed by atoms with Crippen LogP contribution >= 0.6 is 0 Å². The number of aliphatic hydroxyl groups excluding tert-OH is 1. The number of benzene rings is 1. The number of halogens is 1. The van der Waals surface area contributed by atoms with Crippen molar-refractivity contribution in [1.29, 1.82) is 0 Å². The molecule has 1 aromatic heterocycles. The predicted molar refractivity (Wildman–Crippen MR) is 76.2 cm³/mol. The molecule has 1 N–H and O–H groups in total. The van der Waals surface area contributed by atoms with E-state index in [-0.39, 0.29) is 30.1 Å². The minimum Gasteiger partial charge on any atom is -0.395 e. The van der Waals surface area contributed by atoms with E-state index < -0.39 is 11.6 Å². The molecule has 1 aromatic carbocycles. The van der Waals surface area contributed by atoms with Gasteiger partial charge in [0.15, 0.2) is 12.0 Å². The van der Waals surface area contributed by atoms with Crippen LogP contribution in [0.5, 0.6) is 0 Å². The molecule has 2 unspecified atom stereocenters. The summed E-state index contributed by atoms with van der Waals surface area (Å²) in [6.45, 7) is -0.198. The number of nitrogens with zero attached hydrogens (tertiary/aromatic N) is 3. The molecule has 0 radical (unpaired) electrons. The summed E-state index contributed by atoms with van der Waals surface area (Å²) < 4.78 is 15.8. The first-order valence-electron chi connectivity index (χ1n) is 7.46. The van der Waals surface area contributed by atoms with E-state index in [0.29, 0.717) is 19.3 Å². The van der Waals surface area contributed by atoms with E-state index in [2.05, 4.69) is 10.1 Å². The Morgan fingerprint density at radius 1 is 1.36 bits per heavy atom. The Morgan fingerprint density at radius 2 is 2.09 bits per heavy atom. The Kier molecular flexibility index (Phi) is 2.91. The summed E-state index contributed by atoms with van der Waals surface area (Å²) >= 11 is 0.